The second-order valence-corrected chi connectivity index (χ2v) is 11.8. The van der Waals surface area contributed by atoms with Gasteiger partial charge in [-0.1, -0.05) is 84.9 Å². The number of carbonyl (C=O) groups is 3. The molecular weight excluding hydrogens is 592 g/mol. The van der Waals surface area contributed by atoms with Gasteiger partial charge in [0, 0.05) is 12.5 Å². The third-order valence-corrected chi connectivity index (χ3v) is 7.74. The summed E-state index contributed by atoms with van der Waals surface area (Å²) in [6, 6.07) is 26.3. The van der Waals surface area contributed by atoms with Crippen molar-refractivity contribution in [3.05, 3.63) is 127 Å². The fraction of sp³-hybridized carbons (Fsp3) is 0.359. The van der Waals surface area contributed by atoms with E-state index in [9.17, 15) is 19.5 Å². The van der Waals surface area contributed by atoms with Gasteiger partial charge in [-0.15, -0.1) is 13.2 Å². The lowest BCUT2D eigenvalue weighted by Crippen LogP contribution is -2.45. The van der Waals surface area contributed by atoms with Crippen molar-refractivity contribution in [3.63, 3.8) is 0 Å². The average molecular weight is 641 g/mol. The van der Waals surface area contributed by atoms with Crippen LogP contribution in [0.15, 0.2) is 110 Å². The fourth-order valence-corrected chi connectivity index (χ4v) is 5.13. The number of benzene rings is 3. The van der Waals surface area contributed by atoms with Gasteiger partial charge in [-0.05, 0) is 67.9 Å². The first kappa shape index (κ1) is 36.8. The van der Waals surface area contributed by atoms with Gasteiger partial charge in [-0.2, -0.15) is 0 Å². The molecule has 47 heavy (non-hydrogen) atoms. The molecule has 3 N–H and O–H groups in total. The largest absolute Gasteiger partial charge is 0.489 e. The monoisotopic (exact) mass is 640 g/mol. The molecule has 8 heteroatoms. The molecule has 2 amide bonds. The molecule has 0 bridgehead atoms. The van der Waals surface area contributed by atoms with Crippen LogP contribution in [0.3, 0.4) is 0 Å². The summed E-state index contributed by atoms with van der Waals surface area (Å²) >= 11 is 0. The van der Waals surface area contributed by atoms with E-state index in [1.54, 1.807) is 19.1 Å². The predicted octanol–water partition coefficient (Wildman–Crippen LogP) is 5.74. The van der Waals surface area contributed by atoms with Crippen LogP contribution in [0.25, 0.3) is 0 Å². The van der Waals surface area contributed by atoms with Gasteiger partial charge in [0.25, 0.3) is 0 Å². The summed E-state index contributed by atoms with van der Waals surface area (Å²) in [6.45, 7) is 9.44. The molecule has 0 saturated heterocycles. The highest BCUT2D eigenvalue weighted by atomic mass is 16.5. The molecule has 3 rings (SSSR count). The summed E-state index contributed by atoms with van der Waals surface area (Å²) in [7, 11) is 0. The van der Waals surface area contributed by atoms with Gasteiger partial charge in [-0.3, -0.25) is 14.4 Å². The van der Waals surface area contributed by atoms with Crippen molar-refractivity contribution in [2.24, 2.45) is 11.8 Å². The molecular formula is C39H48N2O6. The standard InChI is InChI=1S/C39H48N2O6/c1-4-6-18-34(23-30-14-9-7-10-15-30)39(45)47-28-35(41-38(44)33(13-5-2)25-37(43)40-29(3)26-42)24-31-19-21-36(22-20-31)46-27-32-16-11-8-12-17-32/h4-5,7-12,14-17,19-22,29,33-35,42H,1-2,6,13,18,23-28H2,3H3,(H,40,43)(H,41,44)/t29-,33+,34+,35-/m0/s1. The van der Waals surface area contributed by atoms with Gasteiger partial charge in [0.2, 0.25) is 11.8 Å². The number of aliphatic hydroxyl groups is 1. The third kappa shape index (κ3) is 13.7. The highest BCUT2D eigenvalue weighted by Crippen LogP contribution is 2.19. The maximum atomic E-state index is 13.5. The fourth-order valence-electron chi connectivity index (χ4n) is 5.13. The van der Waals surface area contributed by atoms with Gasteiger partial charge < -0.3 is 25.2 Å². The van der Waals surface area contributed by atoms with E-state index >= 15 is 0 Å². The predicted molar refractivity (Wildman–Crippen MR) is 184 cm³/mol. The lowest BCUT2D eigenvalue weighted by Gasteiger charge is -2.24. The van der Waals surface area contributed by atoms with E-state index in [2.05, 4.69) is 23.8 Å². The van der Waals surface area contributed by atoms with E-state index in [0.717, 1.165) is 16.7 Å². The van der Waals surface area contributed by atoms with Crippen molar-refractivity contribution in [1.29, 1.82) is 0 Å². The highest BCUT2D eigenvalue weighted by Gasteiger charge is 2.26. The van der Waals surface area contributed by atoms with Crippen LogP contribution in [0.5, 0.6) is 5.75 Å². The zero-order valence-electron chi connectivity index (χ0n) is 27.3. The van der Waals surface area contributed by atoms with Crippen LogP contribution < -0.4 is 15.4 Å². The van der Waals surface area contributed by atoms with Crippen LogP contribution in [-0.2, 0) is 38.6 Å². The quantitative estimate of drug-likeness (QED) is 0.101. The minimum absolute atomic E-state index is 0.0369. The van der Waals surface area contributed by atoms with Crippen molar-refractivity contribution < 1.29 is 29.0 Å². The van der Waals surface area contributed by atoms with E-state index in [4.69, 9.17) is 9.47 Å². The second-order valence-electron chi connectivity index (χ2n) is 11.8. The first-order chi connectivity index (χ1) is 22.8. The van der Waals surface area contributed by atoms with Crippen LogP contribution in [0.1, 0.15) is 49.3 Å². The lowest BCUT2D eigenvalue weighted by atomic mass is 9.95. The molecule has 4 atom stereocenters. The first-order valence-electron chi connectivity index (χ1n) is 16.2. The first-order valence-corrected chi connectivity index (χ1v) is 16.2. The van der Waals surface area contributed by atoms with Crippen LogP contribution in [0, 0.1) is 11.8 Å². The summed E-state index contributed by atoms with van der Waals surface area (Å²) in [5.41, 5.74) is 3.02. The summed E-state index contributed by atoms with van der Waals surface area (Å²) in [6.07, 6.45) is 5.81. The molecule has 0 aliphatic carbocycles. The SMILES string of the molecule is C=CCC[C@H](Cc1ccccc1)C(=O)OC[C@H](Cc1ccc(OCc2ccccc2)cc1)NC(=O)[C@H](CC=C)CC(=O)N[C@@H](C)CO. The minimum Gasteiger partial charge on any atom is -0.489 e. The van der Waals surface area contributed by atoms with Gasteiger partial charge in [-0.25, -0.2) is 0 Å². The number of aliphatic hydroxyl groups excluding tert-OH is 1. The molecule has 0 aliphatic rings. The Kier molecular flexibility index (Phi) is 16.0. The van der Waals surface area contributed by atoms with Crippen molar-refractivity contribution in [3.8, 4) is 5.75 Å². The Balaban J connectivity index is 1.72. The molecule has 0 aromatic heterocycles. The molecule has 0 spiro atoms. The van der Waals surface area contributed by atoms with Gasteiger partial charge in [0.1, 0.15) is 19.0 Å². The Labute approximate surface area is 278 Å². The number of allylic oxidation sites excluding steroid dienone is 2. The number of rotatable bonds is 21. The Morgan fingerprint density at radius 2 is 1.45 bits per heavy atom. The number of carbonyl (C=O) groups excluding carboxylic acids is 3. The van der Waals surface area contributed by atoms with Crippen molar-refractivity contribution >= 4 is 17.8 Å². The van der Waals surface area contributed by atoms with Gasteiger partial charge in [0.05, 0.1) is 24.5 Å². The van der Waals surface area contributed by atoms with E-state index in [0.29, 0.717) is 38.0 Å². The smallest absolute Gasteiger partial charge is 0.309 e. The number of ether oxygens (including phenoxy) is 2. The number of esters is 1. The third-order valence-electron chi connectivity index (χ3n) is 7.74. The zero-order chi connectivity index (χ0) is 33.9. The van der Waals surface area contributed by atoms with Crippen molar-refractivity contribution in [2.45, 2.75) is 64.1 Å². The molecule has 0 unspecified atom stereocenters. The molecule has 0 heterocycles. The number of amides is 2. The summed E-state index contributed by atoms with van der Waals surface area (Å²) < 4.78 is 11.8. The van der Waals surface area contributed by atoms with E-state index < -0.39 is 18.0 Å². The number of nitrogens with one attached hydrogen (secondary N) is 2. The maximum Gasteiger partial charge on any atom is 0.309 e. The Morgan fingerprint density at radius 1 is 0.809 bits per heavy atom. The molecule has 250 valence electrons. The van der Waals surface area contributed by atoms with Crippen LogP contribution in [0.4, 0.5) is 0 Å². The Morgan fingerprint density at radius 3 is 2.06 bits per heavy atom. The van der Waals surface area contributed by atoms with Crippen LogP contribution in [0.2, 0.25) is 0 Å². The maximum absolute atomic E-state index is 13.5. The van der Waals surface area contributed by atoms with E-state index in [1.807, 2.05) is 84.9 Å². The summed E-state index contributed by atoms with van der Waals surface area (Å²) in [5.74, 6) is -1.34. The summed E-state index contributed by atoms with van der Waals surface area (Å²) in [5, 5.41) is 15.0. The molecule has 0 aliphatic heterocycles. The lowest BCUT2D eigenvalue weighted by molar-refractivity contribution is -0.150. The topological polar surface area (TPSA) is 114 Å². The molecule has 8 nitrogen and oxygen atoms in total. The molecule has 3 aromatic rings. The molecule has 0 fully saturated rings. The van der Waals surface area contributed by atoms with Crippen LogP contribution >= 0.6 is 0 Å². The van der Waals surface area contributed by atoms with Gasteiger partial charge >= 0.3 is 5.97 Å². The van der Waals surface area contributed by atoms with Crippen molar-refractivity contribution in [2.75, 3.05) is 13.2 Å². The summed E-state index contributed by atoms with van der Waals surface area (Å²) in [4.78, 5) is 39.4. The number of hydrogen-bond acceptors (Lipinski definition) is 6. The number of hydrogen-bond donors (Lipinski definition) is 3. The Hall–Kier alpha value is -4.69. The second kappa shape index (κ2) is 20.4. The van der Waals surface area contributed by atoms with Crippen LogP contribution in [-0.4, -0.2) is 48.2 Å². The zero-order valence-corrected chi connectivity index (χ0v) is 27.3. The van der Waals surface area contributed by atoms with E-state index in [-0.39, 0.29) is 49.8 Å². The average Bonchev–Trinajstić information content (AvgIpc) is 3.09. The van der Waals surface area contributed by atoms with E-state index in [1.165, 1.54) is 0 Å². The molecule has 0 radical (unpaired) electrons. The molecule has 0 saturated carbocycles. The Bertz CT molecular complexity index is 1390. The van der Waals surface area contributed by atoms with Gasteiger partial charge in [0.15, 0.2) is 0 Å². The highest BCUT2D eigenvalue weighted by molar-refractivity contribution is 5.86. The normalized spacial score (nSPS) is 13.3. The molecule has 3 aromatic carbocycles. The minimum atomic E-state index is -0.677. The van der Waals surface area contributed by atoms with Crippen molar-refractivity contribution in [1.82, 2.24) is 10.6 Å².